The summed E-state index contributed by atoms with van der Waals surface area (Å²) in [5, 5.41) is 10.5. The van der Waals surface area contributed by atoms with Crippen molar-refractivity contribution < 1.29 is 19.0 Å². The minimum atomic E-state index is -1.26. The highest BCUT2D eigenvalue weighted by molar-refractivity contribution is 7.99. The van der Waals surface area contributed by atoms with E-state index < -0.39 is 12.1 Å². The minimum Gasteiger partial charge on any atom is -0.497 e. The van der Waals surface area contributed by atoms with Crippen LogP contribution in [-0.4, -0.2) is 53.5 Å². The maximum absolute atomic E-state index is 15.6. The maximum atomic E-state index is 15.6. The molecule has 2 aromatic carbocycles. The highest BCUT2D eigenvalue weighted by Crippen LogP contribution is 2.39. The van der Waals surface area contributed by atoms with Crippen molar-refractivity contribution in [3.63, 3.8) is 0 Å². The lowest BCUT2D eigenvalue weighted by Gasteiger charge is -2.38. The Morgan fingerprint density at radius 3 is 2.83 bits per heavy atom. The van der Waals surface area contributed by atoms with Crippen LogP contribution in [0.1, 0.15) is 37.4 Å². The second kappa shape index (κ2) is 12.7. The summed E-state index contributed by atoms with van der Waals surface area (Å²) in [6.07, 6.45) is 2.13. The van der Waals surface area contributed by atoms with E-state index in [4.69, 9.17) is 16.3 Å². The number of fused-ring (bicyclic) bond motifs is 1. The number of likely N-dealkylation sites (tertiary alicyclic amines) is 1. The van der Waals surface area contributed by atoms with Gasteiger partial charge in [0.05, 0.1) is 17.6 Å². The Kier molecular flexibility index (Phi) is 9.46. The molecule has 1 aliphatic rings. The fourth-order valence-electron chi connectivity index (χ4n) is 5.12. The number of halogens is 2. The van der Waals surface area contributed by atoms with Gasteiger partial charge in [0, 0.05) is 47.3 Å². The van der Waals surface area contributed by atoms with Gasteiger partial charge in [-0.15, -0.1) is 11.8 Å². The van der Waals surface area contributed by atoms with Gasteiger partial charge in [0.2, 0.25) is 0 Å². The van der Waals surface area contributed by atoms with Crippen molar-refractivity contribution in [1.29, 1.82) is 0 Å². The van der Waals surface area contributed by atoms with E-state index in [0.717, 1.165) is 31.8 Å². The number of ether oxygens (including phenoxy) is 1. The molecule has 1 fully saturated rings. The fourth-order valence-corrected chi connectivity index (χ4v) is 6.33. The number of methoxy groups -OCH3 is 1. The van der Waals surface area contributed by atoms with Crippen molar-refractivity contribution in [2.75, 3.05) is 32.5 Å². The van der Waals surface area contributed by atoms with Gasteiger partial charge in [-0.1, -0.05) is 29.8 Å². The zero-order valence-corrected chi connectivity index (χ0v) is 22.0. The van der Waals surface area contributed by atoms with Crippen molar-refractivity contribution in [2.45, 2.75) is 36.8 Å². The number of carboxylic acid groups (broad SMARTS) is 1. The molecule has 1 aromatic heterocycles. The van der Waals surface area contributed by atoms with E-state index >= 15 is 4.39 Å². The number of carbonyl (C=O) groups is 1. The van der Waals surface area contributed by atoms with Crippen LogP contribution in [0.25, 0.3) is 10.9 Å². The number of hydrogen-bond acceptors (Lipinski definition) is 5. The summed E-state index contributed by atoms with van der Waals surface area (Å²) in [5.74, 6) is 0.962. The summed E-state index contributed by atoms with van der Waals surface area (Å²) in [4.78, 5) is 19.5. The van der Waals surface area contributed by atoms with Crippen LogP contribution in [0.5, 0.6) is 5.75 Å². The molecule has 1 N–H and O–H groups in total. The average Bonchev–Trinajstić information content (AvgIpc) is 2.88. The summed E-state index contributed by atoms with van der Waals surface area (Å²) < 4.78 is 20.9. The molecule has 1 saturated heterocycles. The van der Waals surface area contributed by atoms with Gasteiger partial charge in [0.1, 0.15) is 11.9 Å². The lowest BCUT2D eigenvalue weighted by molar-refractivity contribution is -0.139. The molecule has 0 amide bonds. The van der Waals surface area contributed by atoms with Gasteiger partial charge in [-0.3, -0.25) is 9.78 Å². The third-order valence-corrected chi connectivity index (χ3v) is 8.30. The molecule has 4 rings (SSSR count). The maximum Gasteiger partial charge on any atom is 0.303 e. The second-order valence-corrected chi connectivity index (χ2v) is 10.9. The first kappa shape index (κ1) is 26.7. The molecule has 0 bridgehead atoms. The van der Waals surface area contributed by atoms with Crippen LogP contribution in [0.15, 0.2) is 59.6 Å². The number of hydrogen-bond donors (Lipinski definition) is 1. The molecule has 3 atom stereocenters. The molecule has 1 aliphatic heterocycles. The molecule has 0 radical (unpaired) electrons. The highest BCUT2D eigenvalue weighted by Gasteiger charge is 2.31. The number of piperidine rings is 1. The van der Waals surface area contributed by atoms with Crippen molar-refractivity contribution >= 4 is 40.2 Å². The topological polar surface area (TPSA) is 62.7 Å². The van der Waals surface area contributed by atoms with Crippen LogP contribution in [0.3, 0.4) is 0 Å². The zero-order valence-electron chi connectivity index (χ0n) is 20.4. The lowest BCUT2D eigenvalue weighted by atomic mass is 9.79. The van der Waals surface area contributed by atoms with Crippen LogP contribution in [-0.2, 0) is 4.79 Å². The van der Waals surface area contributed by atoms with Crippen molar-refractivity contribution in [3.8, 4) is 5.75 Å². The number of pyridine rings is 1. The Hall–Kier alpha value is -2.35. The van der Waals surface area contributed by atoms with E-state index in [1.807, 2.05) is 30.0 Å². The molecule has 5 nitrogen and oxygen atoms in total. The zero-order chi connectivity index (χ0) is 25.5. The van der Waals surface area contributed by atoms with Crippen LogP contribution in [0.4, 0.5) is 4.39 Å². The van der Waals surface area contributed by atoms with Gasteiger partial charge in [0.25, 0.3) is 0 Å². The second-order valence-electron chi connectivity index (χ2n) is 9.32. The van der Waals surface area contributed by atoms with E-state index in [-0.39, 0.29) is 18.3 Å². The van der Waals surface area contributed by atoms with E-state index in [2.05, 4.69) is 22.0 Å². The van der Waals surface area contributed by atoms with Crippen molar-refractivity contribution in [2.24, 2.45) is 11.8 Å². The molecule has 192 valence electrons. The summed E-state index contributed by atoms with van der Waals surface area (Å²) >= 11 is 8.21. The molecule has 0 saturated carbocycles. The lowest BCUT2D eigenvalue weighted by Crippen LogP contribution is -2.42. The van der Waals surface area contributed by atoms with E-state index in [1.165, 1.54) is 11.1 Å². The third-order valence-electron chi connectivity index (χ3n) is 7.00. The molecule has 0 spiro atoms. The minimum absolute atomic E-state index is 0.00919. The summed E-state index contributed by atoms with van der Waals surface area (Å²) in [6.45, 7) is 2.55. The van der Waals surface area contributed by atoms with Gasteiger partial charge < -0.3 is 14.7 Å². The van der Waals surface area contributed by atoms with Gasteiger partial charge in [0.15, 0.2) is 0 Å². The summed E-state index contributed by atoms with van der Waals surface area (Å²) in [6, 6.07) is 15.7. The highest BCUT2D eigenvalue weighted by atomic mass is 35.5. The molecular weight excluding hydrogens is 499 g/mol. The number of nitrogens with zero attached hydrogens (tertiary/aromatic N) is 2. The largest absolute Gasteiger partial charge is 0.497 e. The smallest absolute Gasteiger partial charge is 0.303 e. The van der Waals surface area contributed by atoms with Crippen LogP contribution in [0.2, 0.25) is 5.02 Å². The first-order chi connectivity index (χ1) is 17.4. The Balaban J connectivity index is 1.38. The summed E-state index contributed by atoms with van der Waals surface area (Å²) in [5.41, 5.74) is 1.11. The molecule has 8 heteroatoms. The average molecular weight is 531 g/mol. The SMILES string of the molecule is COc1ccc2ncc(Cl)c(C(F)CCC3CCN(CCSc4ccccc4)CC3CC(=O)O)c2c1. The quantitative estimate of drug-likeness (QED) is 0.272. The van der Waals surface area contributed by atoms with Gasteiger partial charge in [-0.25, -0.2) is 4.39 Å². The van der Waals surface area contributed by atoms with Gasteiger partial charge in [-0.05, 0) is 68.0 Å². The predicted molar refractivity (Wildman–Crippen MR) is 144 cm³/mol. The monoisotopic (exact) mass is 530 g/mol. The Labute approximate surface area is 221 Å². The van der Waals surface area contributed by atoms with Crippen LogP contribution >= 0.6 is 23.4 Å². The van der Waals surface area contributed by atoms with Crippen LogP contribution in [0, 0.1) is 11.8 Å². The van der Waals surface area contributed by atoms with Crippen LogP contribution < -0.4 is 4.74 Å². The van der Waals surface area contributed by atoms with Gasteiger partial charge >= 0.3 is 5.97 Å². The summed E-state index contributed by atoms with van der Waals surface area (Å²) in [7, 11) is 1.57. The first-order valence-electron chi connectivity index (χ1n) is 12.3. The molecule has 2 heterocycles. The van der Waals surface area contributed by atoms with Crippen molar-refractivity contribution in [1.82, 2.24) is 9.88 Å². The van der Waals surface area contributed by atoms with Gasteiger partial charge in [-0.2, -0.15) is 0 Å². The Morgan fingerprint density at radius 2 is 2.08 bits per heavy atom. The Bertz CT molecular complexity index is 1170. The standard InChI is InChI=1S/C28H32ClFN2O3S/c1-35-21-8-10-26-23(16-21)28(24(29)17-31-26)25(30)9-7-19-11-12-32(18-20(19)15-27(33)34)13-14-36-22-5-3-2-4-6-22/h2-6,8,10,16-17,19-20,25H,7,9,11-15,18H2,1H3,(H,33,34). The number of rotatable bonds is 11. The normalized spacial score (nSPS) is 19.3. The molecular formula is C28H32ClFN2O3S. The number of alkyl halides is 1. The number of benzene rings is 2. The number of thioether (sulfide) groups is 1. The van der Waals surface area contributed by atoms with E-state index in [1.54, 1.807) is 25.3 Å². The number of aliphatic carboxylic acids is 1. The molecule has 3 unspecified atom stereocenters. The van der Waals surface area contributed by atoms with E-state index in [9.17, 15) is 9.90 Å². The van der Waals surface area contributed by atoms with E-state index in [0.29, 0.717) is 40.1 Å². The molecule has 0 aliphatic carbocycles. The fraction of sp³-hybridized carbons (Fsp3) is 0.429. The third kappa shape index (κ3) is 6.90. The number of aromatic nitrogens is 1. The van der Waals surface area contributed by atoms with Crippen molar-refractivity contribution in [3.05, 3.63) is 65.3 Å². The number of carboxylic acids is 1. The molecule has 3 aromatic rings. The molecule has 36 heavy (non-hydrogen) atoms. The first-order valence-corrected chi connectivity index (χ1v) is 13.7. The Morgan fingerprint density at radius 1 is 1.28 bits per heavy atom. The predicted octanol–water partition coefficient (Wildman–Crippen LogP) is 6.89.